The Kier molecular flexibility index (Phi) is 1.65. The van der Waals surface area contributed by atoms with Crippen molar-refractivity contribution in [2.75, 3.05) is 0 Å². The molecule has 1 unspecified atom stereocenters. The smallest absolute Gasteiger partial charge is 0.224 e. The number of nitrogens with two attached hydrogens (primary N) is 1. The Labute approximate surface area is 52.5 Å². The Morgan fingerprint density at radius 3 is 3.00 bits per heavy atom. The predicted octanol–water partition coefficient (Wildman–Crippen LogP) is 0.389. The van der Waals surface area contributed by atoms with E-state index < -0.39 is 6.04 Å². The van der Waals surface area contributed by atoms with Crippen LogP contribution in [0.15, 0.2) is 22.8 Å². The zero-order chi connectivity index (χ0) is 6.69. The summed E-state index contributed by atoms with van der Waals surface area (Å²) in [4.78, 5) is 9.89. The highest BCUT2D eigenvalue weighted by atomic mass is 16.3. The topological polar surface area (TPSA) is 56.2 Å². The van der Waals surface area contributed by atoms with Gasteiger partial charge in [-0.25, -0.2) is 0 Å². The maximum absolute atomic E-state index is 9.89. The molecule has 0 amide bonds. The highest BCUT2D eigenvalue weighted by Crippen LogP contribution is 2.06. The van der Waals surface area contributed by atoms with Crippen molar-refractivity contribution in [3.8, 4) is 0 Å². The summed E-state index contributed by atoms with van der Waals surface area (Å²) in [6, 6.07) is 2.57. The van der Waals surface area contributed by atoms with E-state index in [9.17, 15) is 4.79 Å². The maximum atomic E-state index is 9.89. The molecule has 1 heterocycles. The number of hydrogen-bond acceptors (Lipinski definition) is 3. The minimum absolute atomic E-state index is 0.449. The molecular weight excluding hydrogens is 118 g/mol. The van der Waals surface area contributed by atoms with Gasteiger partial charge in [-0.1, -0.05) is 0 Å². The molecule has 0 aliphatic carbocycles. The molecule has 9 heavy (non-hydrogen) atoms. The lowest BCUT2D eigenvalue weighted by Gasteiger charge is -1.93. The molecule has 1 rings (SSSR count). The molecule has 0 aliphatic rings. The average Bonchev–Trinajstić information content (AvgIpc) is 2.37. The molecule has 47 valence electrons. The van der Waals surface area contributed by atoms with Gasteiger partial charge in [0.2, 0.25) is 6.29 Å². The molecule has 3 heteroatoms. The van der Waals surface area contributed by atoms with Gasteiger partial charge in [-0.2, -0.15) is 0 Å². The summed E-state index contributed by atoms with van der Waals surface area (Å²) >= 11 is 0. The van der Waals surface area contributed by atoms with Gasteiger partial charge in [-0.05, 0) is 12.1 Å². The molecule has 2 N–H and O–H groups in total. The standard InChI is InChI=1S/C6H6NO2/c7-5(4-8)6-2-1-3-9-6/h1-3,5H,7H2. The molecule has 0 bridgehead atoms. The van der Waals surface area contributed by atoms with Gasteiger partial charge in [-0.3, -0.25) is 4.79 Å². The van der Waals surface area contributed by atoms with Crippen LogP contribution >= 0.6 is 0 Å². The van der Waals surface area contributed by atoms with Crippen LogP contribution < -0.4 is 5.73 Å². The van der Waals surface area contributed by atoms with Crippen molar-refractivity contribution < 1.29 is 9.21 Å². The highest BCUT2D eigenvalue weighted by Gasteiger charge is 2.05. The lowest BCUT2D eigenvalue weighted by Crippen LogP contribution is -2.09. The summed E-state index contributed by atoms with van der Waals surface area (Å²) in [7, 11) is 0. The van der Waals surface area contributed by atoms with E-state index in [-0.39, 0.29) is 0 Å². The molecule has 1 aromatic rings. The van der Waals surface area contributed by atoms with Crippen molar-refractivity contribution in [1.29, 1.82) is 0 Å². The molecule has 1 atom stereocenters. The van der Waals surface area contributed by atoms with Crippen LogP contribution in [0.3, 0.4) is 0 Å². The second kappa shape index (κ2) is 2.46. The third-order valence-corrected chi connectivity index (χ3v) is 0.977. The molecule has 1 radical (unpaired) electrons. The normalized spacial score (nSPS) is 13.0. The maximum Gasteiger partial charge on any atom is 0.224 e. The summed E-state index contributed by atoms with van der Waals surface area (Å²) in [6.45, 7) is 0. The van der Waals surface area contributed by atoms with Crippen molar-refractivity contribution in [2.45, 2.75) is 6.04 Å². The minimum atomic E-state index is -0.736. The van der Waals surface area contributed by atoms with Gasteiger partial charge in [-0.15, -0.1) is 0 Å². The van der Waals surface area contributed by atoms with Gasteiger partial charge in [0.25, 0.3) is 0 Å². The van der Waals surface area contributed by atoms with Gasteiger partial charge >= 0.3 is 0 Å². The molecule has 0 aliphatic heterocycles. The predicted molar refractivity (Wildman–Crippen MR) is 31.3 cm³/mol. The van der Waals surface area contributed by atoms with E-state index in [1.807, 2.05) is 0 Å². The second-order valence-corrected chi connectivity index (χ2v) is 1.61. The van der Waals surface area contributed by atoms with E-state index in [0.29, 0.717) is 5.76 Å². The van der Waals surface area contributed by atoms with E-state index in [4.69, 9.17) is 10.2 Å². The molecule has 0 fully saturated rings. The van der Waals surface area contributed by atoms with Crippen LogP contribution in [-0.4, -0.2) is 6.29 Å². The molecule has 0 spiro atoms. The minimum Gasteiger partial charge on any atom is -0.467 e. The third-order valence-electron chi connectivity index (χ3n) is 0.977. The fourth-order valence-corrected chi connectivity index (χ4v) is 0.526. The molecule has 0 aromatic carbocycles. The van der Waals surface area contributed by atoms with Gasteiger partial charge in [0.15, 0.2) is 0 Å². The van der Waals surface area contributed by atoms with Crippen molar-refractivity contribution in [3.63, 3.8) is 0 Å². The van der Waals surface area contributed by atoms with Crippen LogP contribution in [0.4, 0.5) is 0 Å². The summed E-state index contributed by atoms with van der Waals surface area (Å²) in [5.74, 6) is 0.449. The molecule has 3 nitrogen and oxygen atoms in total. The quantitative estimate of drug-likeness (QED) is 0.620. The lowest BCUT2D eigenvalue weighted by atomic mass is 10.3. The van der Waals surface area contributed by atoms with Crippen LogP contribution in [0.5, 0.6) is 0 Å². The SMILES string of the molecule is NC([C]=O)c1ccco1. The fraction of sp³-hybridized carbons (Fsp3) is 0.167. The van der Waals surface area contributed by atoms with Crippen molar-refractivity contribution in [2.24, 2.45) is 5.73 Å². The average molecular weight is 124 g/mol. The second-order valence-electron chi connectivity index (χ2n) is 1.61. The number of furan rings is 1. The van der Waals surface area contributed by atoms with Crippen LogP contribution in [0.1, 0.15) is 11.8 Å². The van der Waals surface area contributed by atoms with Gasteiger partial charge in [0.05, 0.1) is 6.26 Å². The zero-order valence-corrected chi connectivity index (χ0v) is 4.70. The summed E-state index contributed by atoms with van der Waals surface area (Å²) in [5.41, 5.74) is 5.22. The largest absolute Gasteiger partial charge is 0.467 e. The Bertz CT molecular complexity index is 181. The summed E-state index contributed by atoms with van der Waals surface area (Å²) in [6.07, 6.45) is 3.07. The molecular formula is C6H6NO2. The molecule has 0 saturated heterocycles. The number of hydrogen-bond donors (Lipinski definition) is 1. The van der Waals surface area contributed by atoms with Gasteiger partial charge in [0.1, 0.15) is 11.8 Å². The number of carbonyl (C=O) groups excluding carboxylic acids is 1. The van der Waals surface area contributed by atoms with E-state index in [1.54, 1.807) is 18.4 Å². The van der Waals surface area contributed by atoms with E-state index in [1.165, 1.54) is 6.26 Å². The van der Waals surface area contributed by atoms with Crippen LogP contribution in [0.25, 0.3) is 0 Å². The van der Waals surface area contributed by atoms with E-state index >= 15 is 0 Å². The lowest BCUT2D eigenvalue weighted by molar-refractivity contribution is 0.482. The van der Waals surface area contributed by atoms with Crippen LogP contribution in [0, 0.1) is 0 Å². The van der Waals surface area contributed by atoms with Crippen LogP contribution in [-0.2, 0) is 4.79 Å². The van der Waals surface area contributed by atoms with Crippen LogP contribution in [0.2, 0.25) is 0 Å². The zero-order valence-electron chi connectivity index (χ0n) is 4.70. The first kappa shape index (κ1) is 6.04. The Morgan fingerprint density at radius 1 is 1.78 bits per heavy atom. The van der Waals surface area contributed by atoms with E-state index in [2.05, 4.69) is 0 Å². The monoisotopic (exact) mass is 124 g/mol. The Balaban J connectivity index is 2.76. The van der Waals surface area contributed by atoms with Gasteiger partial charge in [0, 0.05) is 0 Å². The Morgan fingerprint density at radius 2 is 2.56 bits per heavy atom. The first-order valence-corrected chi connectivity index (χ1v) is 2.51. The first-order valence-electron chi connectivity index (χ1n) is 2.51. The first-order chi connectivity index (χ1) is 4.34. The summed E-state index contributed by atoms with van der Waals surface area (Å²) in [5, 5.41) is 0. The fourth-order valence-electron chi connectivity index (χ4n) is 0.526. The van der Waals surface area contributed by atoms with Crippen molar-refractivity contribution in [3.05, 3.63) is 24.2 Å². The van der Waals surface area contributed by atoms with Gasteiger partial charge < -0.3 is 10.2 Å². The third kappa shape index (κ3) is 1.17. The van der Waals surface area contributed by atoms with Crippen molar-refractivity contribution in [1.82, 2.24) is 0 Å². The molecule has 1 aromatic heterocycles. The Hall–Kier alpha value is -1.09. The highest BCUT2D eigenvalue weighted by molar-refractivity contribution is 5.59. The number of rotatable bonds is 2. The van der Waals surface area contributed by atoms with E-state index in [0.717, 1.165) is 0 Å². The molecule has 0 saturated carbocycles. The van der Waals surface area contributed by atoms with Crippen molar-refractivity contribution >= 4 is 6.29 Å². The summed E-state index contributed by atoms with van der Waals surface area (Å²) < 4.78 is 4.80.